The van der Waals surface area contributed by atoms with E-state index in [1.807, 2.05) is 47.0 Å². The summed E-state index contributed by atoms with van der Waals surface area (Å²) in [6.07, 6.45) is 11.1. The van der Waals surface area contributed by atoms with Gasteiger partial charge in [-0.25, -0.2) is 4.79 Å². The van der Waals surface area contributed by atoms with Crippen LogP contribution in [0.25, 0.3) is 10.9 Å². The van der Waals surface area contributed by atoms with Gasteiger partial charge in [0.2, 0.25) is 5.79 Å². The summed E-state index contributed by atoms with van der Waals surface area (Å²) < 4.78 is 39.9. The summed E-state index contributed by atoms with van der Waals surface area (Å²) in [5.41, 5.74) is 3.09. The van der Waals surface area contributed by atoms with E-state index in [0.29, 0.717) is 58.0 Å². The van der Waals surface area contributed by atoms with Crippen molar-refractivity contribution in [2.75, 3.05) is 27.4 Å². The number of hydrogen-bond donors (Lipinski definition) is 1. The van der Waals surface area contributed by atoms with E-state index in [0.717, 1.165) is 53.5 Å². The van der Waals surface area contributed by atoms with E-state index in [2.05, 4.69) is 48.8 Å². The largest absolute Gasteiger partial charge is 0.488 e. The Labute approximate surface area is 399 Å². The third-order valence-corrected chi connectivity index (χ3v) is 15.1. The van der Waals surface area contributed by atoms with Gasteiger partial charge in [0.25, 0.3) is 11.7 Å². The van der Waals surface area contributed by atoms with Gasteiger partial charge < -0.3 is 43.0 Å². The van der Waals surface area contributed by atoms with Crippen molar-refractivity contribution in [1.29, 1.82) is 0 Å². The van der Waals surface area contributed by atoms with Gasteiger partial charge in [0.15, 0.2) is 0 Å². The number of allylic oxidation sites excluding steroid dienone is 3. The highest BCUT2D eigenvalue weighted by molar-refractivity contribution is 6.39. The van der Waals surface area contributed by atoms with Gasteiger partial charge in [-0.2, -0.15) is 0 Å². The highest BCUT2D eigenvalue weighted by Crippen LogP contribution is 2.40. The molecule has 1 amide bonds. The number of esters is 1. The first-order valence-electron chi connectivity index (χ1n) is 25.2. The quantitative estimate of drug-likeness (QED) is 0.138. The maximum atomic E-state index is 14.6. The maximum absolute atomic E-state index is 14.6. The number of methoxy groups -OCH3 is 2. The van der Waals surface area contributed by atoms with Gasteiger partial charge in [0.1, 0.15) is 35.9 Å². The predicted octanol–water partition coefficient (Wildman–Crippen LogP) is 8.86. The van der Waals surface area contributed by atoms with Crippen LogP contribution in [0.15, 0.2) is 53.8 Å². The number of ether oxygens (including phenoxy) is 6. The number of carbonyl (C=O) groups is 4. The number of ketones is 2. The molecule has 4 heterocycles. The average Bonchev–Trinajstić information content (AvgIpc) is 3.69. The highest BCUT2D eigenvalue weighted by atomic mass is 16.7. The lowest BCUT2D eigenvalue weighted by Crippen LogP contribution is -2.64. The Bertz CT molecular complexity index is 2080. The van der Waals surface area contributed by atoms with Gasteiger partial charge in [-0.3, -0.25) is 14.4 Å². The summed E-state index contributed by atoms with van der Waals surface area (Å²) in [5, 5.41) is 13.3. The molecule has 0 radical (unpaired) electrons. The molecule has 1 N–H and O–H groups in total. The van der Waals surface area contributed by atoms with Crippen LogP contribution >= 0.6 is 0 Å². The zero-order chi connectivity index (χ0) is 48.6. The van der Waals surface area contributed by atoms with E-state index in [1.165, 1.54) is 4.90 Å². The molecule has 1 aromatic heterocycles. The molecule has 67 heavy (non-hydrogen) atoms. The number of nitrogens with zero attached hydrogens (tertiary/aromatic N) is 2. The van der Waals surface area contributed by atoms with Crippen LogP contribution in [-0.2, 0) is 49.9 Å². The summed E-state index contributed by atoms with van der Waals surface area (Å²) in [4.78, 5) is 58.7. The molecule has 0 spiro atoms. The number of aromatic nitrogens is 1. The lowest BCUT2D eigenvalue weighted by atomic mass is 9.82. The van der Waals surface area contributed by atoms with E-state index >= 15 is 0 Å². The second-order valence-electron chi connectivity index (χ2n) is 20.4. The number of Topliss-reactive ketones (excluding diaryl/α,β-unsaturated/α-hetero) is 2. The maximum Gasteiger partial charge on any atom is 0.329 e. The number of fused-ring (bicyclic) bond motifs is 4. The van der Waals surface area contributed by atoms with Crippen molar-refractivity contribution >= 4 is 34.3 Å². The van der Waals surface area contributed by atoms with Gasteiger partial charge in [0, 0.05) is 69.8 Å². The number of benzene rings is 1. The summed E-state index contributed by atoms with van der Waals surface area (Å²) in [5.74, 6) is -5.33. The fourth-order valence-electron chi connectivity index (χ4n) is 11.2. The van der Waals surface area contributed by atoms with Crippen molar-refractivity contribution in [3.8, 4) is 5.75 Å². The molecule has 1 aliphatic carbocycles. The van der Waals surface area contributed by atoms with Crippen LogP contribution in [0.1, 0.15) is 132 Å². The van der Waals surface area contributed by atoms with Crippen molar-refractivity contribution in [3.63, 3.8) is 0 Å². The molecule has 13 nitrogen and oxygen atoms in total. The Morgan fingerprint density at radius 3 is 2.39 bits per heavy atom. The molecule has 13 heteroatoms. The number of hydrogen-bond acceptors (Lipinski definition) is 11. The van der Waals surface area contributed by atoms with E-state index in [9.17, 15) is 24.3 Å². The Morgan fingerprint density at radius 2 is 1.67 bits per heavy atom. The van der Waals surface area contributed by atoms with Crippen LogP contribution in [0.4, 0.5) is 0 Å². The average molecular weight is 933 g/mol. The minimum atomic E-state index is -2.47. The minimum absolute atomic E-state index is 0.0854. The number of aryl methyl sites for hydroxylation is 1. The molecule has 1 saturated carbocycles. The number of piperidine rings is 1. The topological polar surface area (TPSA) is 152 Å². The molecule has 13 unspecified atom stereocenters. The van der Waals surface area contributed by atoms with Gasteiger partial charge in [0.05, 0.1) is 18.3 Å². The number of aliphatic hydroxyl groups is 1. The molecule has 13 atom stereocenters. The Hall–Kier alpha value is -3.88. The monoisotopic (exact) mass is 933 g/mol. The second-order valence-corrected chi connectivity index (χ2v) is 20.4. The third-order valence-electron chi connectivity index (χ3n) is 15.1. The van der Waals surface area contributed by atoms with Crippen LogP contribution < -0.4 is 4.74 Å². The van der Waals surface area contributed by atoms with Crippen LogP contribution in [-0.4, -0.2) is 114 Å². The number of carbonyl (C=O) groups excluding carboxylic acids is 4. The van der Waals surface area contributed by atoms with Crippen molar-refractivity contribution in [1.82, 2.24) is 9.47 Å². The molecule has 3 aliphatic heterocycles. The lowest BCUT2D eigenvalue weighted by Gasteiger charge is -2.47. The molecule has 2 aromatic rings. The fourth-order valence-corrected chi connectivity index (χ4v) is 11.2. The zero-order valence-corrected chi connectivity index (χ0v) is 42.0. The van der Waals surface area contributed by atoms with E-state index in [1.54, 1.807) is 21.1 Å². The number of cyclic esters (lactones) is 1. The zero-order valence-electron chi connectivity index (χ0n) is 42.0. The minimum Gasteiger partial charge on any atom is -0.488 e. The molecule has 3 fully saturated rings. The van der Waals surface area contributed by atoms with Crippen molar-refractivity contribution in [2.24, 2.45) is 36.6 Å². The molecule has 372 valence electrons. The van der Waals surface area contributed by atoms with E-state index in [-0.39, 0.29) is 54.6 Å². The van der Waals surface area contributed by atoms with Crippen molar-refractivity contribution in [2.45, 2.75) is 180 Å². The van der Waals surface area contributed by atoms with Gasteiger partial charge in [-0.05, 0) is 138 Å². The van der Waals surface area contributed by atoms with Crippen LogP contribution in [0.2, 0.25) is 0 Å². The SMILES string of the molecule is CCCOC1CC(C=C(C)C2OC(=O)C3CCCCN3C(=O)C(=O)C3(O)OC(C(OC)CC(C)CC(C)=CC(CC)C(=O)CCC2C)C(OC)CC3C)CCC1Oc1ccc2c(ccn2C)c1. The third kappa shape index (κ3) is 12.5. The van der Waals surface area contributed by atoms with Crippen molar-refractivity contribution < 1.29 is 52.7 Å². The van der Waals surface area contributed by atoms with Crippen LogP contribution in [0.3, 0.4) is 0 Å². The Morgan fingerprint density at radius 1 is 0.925 bits per heavy atom. The lowest BCUT2D eigenvalue weighted by molar-refractivity contribution is -0.302. The number of amides is 1. The highest BCUT2D eigenvalue weighted by Gasteiger charge is 2.56. The van der Waals surface area contributed by atoms with Crippen LogP contribution in [0.5, 0.6) is 5.75 Å². The van der Waals surface area contributed by atoms with E-state index < -0.39 is 59.8 Å². The Balaban J connectivity index is 1.29. The van der Waals surface area contributed by atoms with Crippen molar-refractivity contribution in [3.05, 3.63) is 53.8 Å². The smallest absolute Gasteiger partial charge is 0.329 e. The van der Waals surface area contributed by atoms with E-state index in [4.69, 9.17) is 28.4 Å². The molecule has 6 rings (SSSR count). The van der Waals surface area contributed by atoms with Gasteiger partial charge in [-0.15, -0.1) is 0 Å². The summed E-state index contributed by atoms with van der Waals surface area (Å²) in [6, 6.07) is 7.22. The molecular weight excluding hydrogens is 853 g/mol. The van der Waals surface area contributed by atoms with Gasteiger partial charge in [-0.1, -0.05) is 52.3 Å². The normalized spacial score (nSPS) is 34.8. The predicted molar refractivity (Wildman–Crippen MR) is 257 cm³/mol. The second kappa shape index (κ2) is 23.6. The summed E-state index contributed by atoms with van der Waals surface area (Å²) >= 11 is 0. The fraction of sp³-hybridized carbons (Fsp3) is 0.704. The Kier molecular flexibility index (Phi) is 18.5. The molecular formula is C54H80N2O11. The van der Waals surface area contributed by atoms with Gasteiger partial charge >= 0.3 is 5.97 Å². The van der Waals surface area contributed by atoms with Crippen LogP contribution in [0, 0.1) is 29.6 Å². The first kappa shape index (κ1) is 52.5. The molecule has 2 bridgehead atoms. The molecule has 4 aliphatic rings. The summed E-state index contributed by atoms with van der Waals surface area (Å²) in [7, 11) is 5.15. The first-order chi connectivity index (χ1) is 32.0. The molecule has 2 saturated heterocycles. The first-order valence-corrected chi connectivity index (χ1v) is 25.2. The molecule has 1 aromatic carbocycles. The number of rotatable bonds is 10. The standard InChI is InChI=1S/C54H80N2O11/c1-11-25-64-46-31-38(17-21-45(46)65-41-18-19-42-40(32-41)22-24-55(42)8)29-36(6)49-35(5)16-20-44(57)39(12-2)27-33(3)26-34(4)28-47(62-9)50-48(63-10)30-37(7)54(61,67-50)51(58)52(59)56-23-14-13-15-43(56)53(60)66-49/h18-19,22,24,27,29,32,34-35,37-39,43,45-50,61H,11-17,20-21,23,25-26,28,30-31H2,1-10H3. The summed E-state index contributed by atoms with van der Waals surface area (Å²) in [6.45, 7) is 14.7.